The Morgan fingerprint density at radius 3 is 2.76 bits per heavy atom. The Kier molecular flexibility index (Phi) is 3.74. The van der Waals surface area contributed by atoms with Gasteiger partial charge in [-0.15, -0.1) is 0 Å². The van der Waals surface area contributed by atoms with Crippen molar-refractivity contribution in [2.24, 2.45) is 0 Å². The summed E-state index contributed by atoms with van der Waals surface area (Å²) in [4.78, 5) is 13.0. The standard InChI is InChI=1S/C18H15ClN6/c1-11-6-7-12(8-13(11)19)24-17-16(20)18(22-9-21-17)25-10-23-14-4-2-3-5-15(14)25/h2-10H,20H2,1H3,(H,21,22,24). The fourth-order valence-electron chi connectivity index (χ4n) is 2.61. The van der Waals surface area contributed by atoms with Gasteiger partial charge in [-0.3, -0.25) is 4.57 Å². The Hall–Kier alpha value is -3.12. The minimum absolute atomic E-state index is 0.433. The minimum atomic E-state index is 0.433. The number of benzene rings is 2. The fraction of sp³-hybridized carbons (Fsp3) is 0.0556. The van der Waals surface area contributed by atoms with Crippen molar-refractivity contribution in [3.05, 3.63) is 65.7 Å². The van der Waals surface area contributed by atoms with Crippen LogP contribution in [0.1, 0.15) is 5.56 Å². The van der Waals surface area contributed by atoms with Gasteiger partial charge >= 0.3 is 0 Å². The zero-order chi connectivity index (χ0) is 17.4. The van der Waals surface area contributed by atoms with Gasteiger partial charge in [0.2, 0.25) is 0 Å². The van der Waals surface area contributed by atoms with Crippen molar-refractivity contribution in [1.29, 1.82) is 0 Å². The number of halogens is 1. The number of hydrogen-bond acceptors (Lipinski definition) is 5. The Morgan fingerprint density at radius 2 is 1.92 bits per heavy atom. The summed E-state index contributed by atoms with van der Waals surface area (Å²) in [6.07, 6.45) is 3.18. The van der Waals surface area contributed by atoms with E-state index in [2.05, 4.69) is 20.3 Å². The van der Waals surface area contributed by atoms with Crippen molar-refractivity contribution >= 4 is 39.8 Å². The summed E-state index contributed by atoms with van der Waals surface area (Å²) in [5.74, 6) is 1.09. The molecule has 0 aliphatic carbocycles. The quantitative estimate of drug-likeness (QED) is 0.581. The molecule has 2 heterocycles. The molecule has 0 aliphatic rings. The van der Waals surface area contributed by atoms with E-state index in [0.29, 0.717) is 22.3 Å². The first-order chi connectivity index (χ1) is 12.1. The molecule has 0 aliphatic heterocycles. The van der Waals surface area contributed by atoms with Crippen LogP contribution in [0, 0.1) is 6.92 Å². The van der Waals surface area contributed by atoms with E-state index >= 15 is 0 Å². The normalized spacial score (nSPS) is 11.0. The number of nitrogens with one attached hydrogen (secondary N) is 1. The molecule has 0 spiro atoms. The number of rotatable bonds is 3. The third-order valence-electron chi connectivity index (χ3n) is 3.98. The van der Waals surface area contributed by atoms with Gasteiger partial charge in [0.15, 0.2) is 11.6 Å². The number of nitrogens with two attached hydrogens (primary N) is 1. The molecule has 0 unspecified atom stereocenters. The van der Waals surface area contributed by atoms with Crippen LogP contribution in [-0.4, -0.2) is 19.5 Å². The smallest absolute Gasteiger partial charge is 0.167 e. The lowest BCUT2D eigenvalue weighted by atomic mass is 10.2. The van der Waals surface area contributed by atoms with Gasteiger partial charge in [0.1, 0.15) is 18.3 Å². The van der Waals surface area contributed by atoms with Gasteiger partial charge in [-0.2, -0.15) is 0 Å². The van der Waals surface area contributed by atoms with Crippen LogP contribution >= 0.6 is 11.6 Å². The third-order valence-corrected chi connectivity index (χ3v) is 4.39. The summed E-state index contributed by atoms with van der Waals surface area (Å²) in [5, 5.41) is 3.88. The Labute approximate surface area is 149 Å². The second-order valence-electron chi connectivity index (χ2n) is 5.65. The van der Waals surface area contributed by atoms with E-state index in [1.54, 1.807) is 6.33 Å². The molecule has 7 heteroatoms. The molecule has 3 N–H and O–H groups in total. The first-order valence-corrected chi connectivity index (χ1v) is 8.07. The van der Waals surface area contributed by atoms with Crippen LogP contribution in [0.4, 0.5) is 17.2 Å². The maximum atomic E-state index is 6.31. The van der Waals surface area contributed by atoms with Crippen LogP contribution in [0.3, 0.4) is 0 Å². The molecule has 4 aromatic rings. The minimum Gasteiger partial charge on any atom is -0.393 e. The Bertz CT molecular complexity index is 1070. The fourth-order valence-corrected chi connectivity index (χ4v) is 2.79. The molecule has 0 radical (unpaired) electrons. The van der Waals surface area contributed by atoms with E-state index in [1.807, 2.05) is 54.0 Å². The molecule has 0 saturated carbocycles. The highest BCUT2D eigenvalue weighted by Gasteiger charge is 2.13. The van der Waals surface area contributed by atoms with Gasteiger partial charge in [-0.25, -0.2) is 15.0 Å². The molecule has 124 valence electrons. The highest BCUT2D eigenvalue weighted by Crippen LogP contribution is 2.28. The van der Waals surface area contributed by atoms with Crippen LogP contribution < -0.4 is 11.1 Å². The number of aromatic nitrogens is 4. The predicted octanol–water partition coefficient (Wildman–Crippen LogP) is 4.10. The van der Waals surface area contributed by atoms with Crippen LogP contribution in [0.25, 0.3) is 16.9 Å². The van der Waals surface area contributed by atoms with Gasteiger partial charge in [0, 0.05) is 10.7 Å². The maximum Gasteiger partial charge on any atom is 0.167 e. The number of nitrogen functional groups attached to an aromatic ring is 1. The second-order valence-corrected chi connectivity index (χ2v) is 6.06. The molecule has 0 atom stereocenters. The van der Waals surface area contributed by atoms with Crippen molar-refractivity contribution in [2.75, 3.05) is 11.1 Å². The van der Waals surface area contributed by atoms with Gasteiger partial charge in [-0.05, 0) is 36.8 Å². The number of fused-ring (bicyclic) bond motifs is 1. The lowest BCUT2D eigenvalue weighted by Crippen LogP contribution is -2.07. The van der Waals surface area contributed by atoms with Crippen molar-refractivity contribution in [2.45, 2.75) is 6.92 Å². The monoisotopic (exact) mass is 350 g/mol. The van der Waals surface area contributed by atoms with Crippen LogP contribution in [0.2, 0.25) is 5.02 Å². The van der Waals surface area contributed by atoms with Crippen LogP contribution in [-0.2, 0) is 0 Å². The topological polar surface area (TPSA) is 81.7 Å². The summed E-state index contributed by atoms with van der Waals surface area (Å²) in [6.45, 7) is 1.95. The Morgan fingerprint density at radius 1 is 1.08 bits per heavy atom. The lowest BCUT2D eigenvalue weighted by molar-refractivity contribution is 1.00. The van der Waals surface area contributed by atoms with Crippen LogP contribution in [0.5, 0.6) is 0 Å². The molecule has 0 saturated heterocycles. The SMILES string of the molecule is Cc1ccc(Nc2ncnc(-n3cnc4ccccc43)c2N)cc1Cl. The van der Waals surface area contributed by atoms with E-state index < -0.39 is 0 Å². The molecule has 0 amide bonds. The number of aryl methyl sites for hydroxylation is 1. The molecule has 25 heavy (non-hydrogen) atoms. The lowest BCUT2D eigenvalue weighted by Gasteiger charge is -2.12. The van der Waals surface area contributed by atoms with Crippen molar-refractivity contribution in [3.8, 4) is 5.82 Å². The van der Waals surface area contributed by atoms with E-state index in [4.69, 9.17) is 17.3 Å². The highest BCUT2D eigenvalue weighted by atomic mass is 35.5. The molecule has 2 aromatic carbocycles. The zero-order valence-electron chi connectivity index (χ0n) is 13.4. The first-order valence-electron chi connectivity index (χ1n) is 7.69. The molecule has 2 aromatic heterocycles. The van der Waals surface area contributed by atoms with E-state index in [-0.39, 0.29) is 0 Å². The van der Waals surface area contributed by atoms with Gasteiger partial charge in [-0.1, -0.05) is 29.8 Å². The molecular weight excluding hydrogens is 336 g/mol. The van der Waals surface area contributed by atoms with Crippen molar-refractivity contribution in [1.82, 2.24) is 19.5 Å². The van der Waals surface area contributed by atoms with Crippen LogP contribution in [0.15, 0.2) is 55.1 Å². The average molecular weight is 351 g/mol. The Balaban J connectivity index is 1.76. The maximum absolute atomic E-state index is 6.31. The van der Waals surface area contributed by atoms with Gasteiger partial charge < -0.3 is 11.1 Å². The highest BCUT2D eigenvalue weighted by molar-refractivity contribution is 6.31. The summed E-state index contributed by atoms with van der Waals surface area (Å²) in [5.41, 5.74) is 10.4. The third kappa shape index (κ3) is 2.77. The number of imidazole rings is 1. The van der Waals surface area contributed by atoms with E-state index in [0.717, 1.165) is 22.3 Å². The zero-order valence-corrected chi connectivity index (χ0v) is 14.2. The molecule has 0 fully saturated rings. The molecular formula is C18H15ClN6. The number of para-hydroxylation sites is 2. The van der Waals surface area contributed by atoms with Crippen molar-refractivity contribution < 1.29 is 0 Å². The largest absolute Gasteiger partial charge is 0.393 e. The number of anilines is 3. The molecule has 0 bridgehead atoms. The molecule has 4 rings (SSSR count). The summed E-state index contributed by atoms with van der Waals surface area (Å²) < 4.78 is 1.85. The second kappa shape index (κ2) is 6.07. The average Bonchev–Trinajstić information content (AvgIpc) is 3.04. The van der Waals surface area contributed by atoms with E-state index in [1.165, 1.54) is 6.33 Å². The van der Waals surface area contributed by atoms with Crippen molar-refractivity contribution in [3.63, 3.8) is 0 Å². The van der Waals surface area contributed by atoms with Gasteiger partial charge in [0.25, 0.3) is 0 Å². The first kappa shape index (κ1) is 15.4. The summed E-state index contributed by atoms with van der Waals surface area (Å²) in [7, 11) is 0. The number of nitrogens with zero attached hydrogens (tertiary/aromatic N) is 4. The molecule has 6 nitrogen and oxygen atoms in total. The summed E-state index contributed by atoms with van der Waals surface area (Å²) >= 11 is 6.18. The summed E-state index contributed by atoms with van der Waals surface area (Å²) in [6, 6.07) is 13.5. The predicted molar refractivity (Wildman–Crippen MR) is 101 cm³/mol. The van der Waals surface area contributed by atoms with Gasteiger partial charge in [0.05, 0.1) is 11.0 Å². The number of hydrogen-bond donors (Lipinski definition) is 2. The van der Waals surface area contributed by atoms with E-state index in [9.17, 15) is 0 Å².